The normalized spacial score (nSPS) is 14.1. The minimum absolute atomic E-state index is 0.210. The second-order valence-electron chi connectivity index (χ2n) is 6.70. The Morgan fingerprint density at radius 3 is 2.41 bits per heavy atom. The molecule has 0 bridgehead atoms. The number of fused-ring (bicyclic) bond motifs is 1. The highest BCUT2D eigenvalue weighted by atomic mass is 16.6. The van der Waals surface area contributed by atoms with Crippen LogP contribution in [0, 0.1) is 0 Å². The molecule has 0 amide bonds. The van der Waals surface area contributed by atoms with Gasteiger partial charge < -0.3 is 29.2 Å². The van der Waals surface area contributed by atoms with Crippen LogP contribution < -0.4 is 24.3 Å². The van der Waals surface area contributed by atoms with E-state index in [0.29, 0.717) is 13.2 Å². The van der Waals surface area contributed by atoms with Crippen LogP contribution >= 0.6 is 0 Å². The molecule has 1 atom stereocenters. The van der Waals surface area contributed by atoms with Gasteiger partial charge in [-0.05, 0) is 49.5 Å². The van der Waals surface area contributed by atoms with E-state index < -0.39 is 0 Å². The number of benzene rings is 2. The van der Waals surface area contributed by atoms with E-state index in [2.05, 4.69) is 36.4 Å². The van der Waals surface area contributed by atoms with Gasteiger partial charge in [0.2, 0.25) is 0 Å². The Morgan fingerprint density at radius 1 is 0.963 bits per heavy atom. The maximum atomic E-state index is 5.66. The molecule has 146 valence electrons. The van der Waals surface area contributed by atoms with Crippen LogP contribution in [-0.2, 0) is 6.54 Å². The van der Waals surface area contributed by atoms with Crippen LogP contribution in [0.5, 0.6) is 23.0 Å². The van der Waals surface area contributed by atoms with Crippen LogP contribution in [0.1, 0.15) is 17.2 Å². The van der Waals surface area contributed by atoms with E-state index in [9.17, 15) is 0 Å². The predicted molar refractivity (Wildman–Crippen MR) is 105 cm³/mol. The van der Waals surface area contributed by atoms with Crippen molar-refractivity contribution in [2.75, 3.05) is 48.1 Å². The summed E-state index contributed by atoms with van der Waals surface area (Å²) in [7, 11) is 7.46. The third-order valence-electron chi connectivity index (χ3n) is 4.69. The lowest BCUT2D eigenvalue weighted by Crippen LogP contribution is -2.30. The molecule has 1 aliphatic rings. The van der Waals surface area contributed by atoms with Crippen LogP contribution in [0.4, 0.5) is 0 Å². The molecule has 2 aromatic carbocycles. The number of nitrogens with one attached hydrogen (secondary N) is 1. The van der Waals surface area contributed by atoms with Crippen LogP contribution in [0.25, 0.3) is 0 Å². The minimum Gasteiger partial charge on any atom is -0.493 e. The molecule has 0 aliphatic carbocycles. The zero-order chi connectivity index (χ0) is 19.2. The fourth-order valence-electron chi connectivity index (χ4n) is 3.21. The molecule has 0 unspecified atom stereocenters. The Kier molecular flexibility index (Phi) is 6.42. The van der Waals surface area contributed by atoms with Gasteiger partial charge in [0.1, 0.15) is 13.2 Å². The smallest absolute Gasteiger partial charge is 0.161 e. The van der Waals surface area contributed by atoms with Crippen molar-refractivity contribution in [3.8, 4) is 23.0 Å². The van der Waals surface area contributed by atoms with Gasteiger partial charge in [-0.2, -0.15) is 0 Å². The highest BCUT2D eigenvalue weighted by molar-refractivity contribution is 5.44. The second-order valence-corrected chi connectivity index (χ2v) is 6.70. The van der Waals surface area contributed by atoms with Gasteiger partial charge in [-0.15, -0.1) is 0 Å². The molecule has 0 spiro atoms. The van der Waals surface area contributed by atoms with Crippen molar-refractivity contribution in [1.29, 1.82) is 0 Å². The quantitative estimate of drug-likeness (QED) is 0.769. The zero-order valence-corrected chi connectivity index (χ0v) is 16.5. The molecule has 0 radical (unpaired) electrons. The first-order valence-corrected chi connectivity index (χ1v) is 9.10. The fraction of sp³-hybridized carbons (Fsp3) is 0.429. The van der Waals surface area contributed by atoms with Gasteiger partial charge in [0.05, 0.1) is 14.2 Å². The van der Waals surface area contributed by atoms with Crippen LogP contribution in [0.3, 0.4) is 0 Å². The maximum Gasteiger partial charge on any atom is 0.161 e. The second kappa shape index (κ2) is 8.97. The molecule has 0 saturated carbocycles. The van der Waals surface area contributed by atoms with E-state index in [1.807, 2.05) is 24.3 Å². The molecule has 1 heterocycles. The van der Waals surface area contributed by atoms with E-state index in [1.54, 1.807) is 14.2 Å². The molecule has 3 rings (SSSR count). The van der Waals surface area contributed by atoms with E-state index in [-0.39, 0.29) is 6.04 Å². The van der Waals surface area contributed by atoms with Crippen molar-refractivity contribution in [3.05, 3.63) is 47.5 Å². The lowest BCUT2D eigenvalue weighted by atomic mass is 10.0. The number of nitrogens with zero attached hydrogens (tertiary/aromatic N) is 1. The molecular weight excluding hydrogens is 344 g/mol. The third kappa shape index (κ3) is 4.64. The zero-order valence-electron chi connectivity index (χ0n) is 16.5. The molecule has 2 aromatic rings. The van der Waals surface area contributed by atoms with Crippen LogP contribution in [0.15, 0.2) is 36.4 Å². The van der Waals surface area contributed by atoms with Crippen molar-refractivity contribution >= 4 is 0 Å². The Morgan fingerprint density at radius 2 is 1.70 bits per heavy atom. The average molecular weight is 372 g/mol. The molecular formula is C21H28N2O4. The summed E-state index contributed by atoms with van der Waals surface area (Å²) in [4.78, 5) is 2.19. The Labute approximate surface area is 161 Å². The number of hydrogen-bond acceptors (Lipinski definition) is 6. The van der Waals surface area contributed by atoms with Gasteiger partial charge in [-0.1, -0.05) is 12.1 Å². The van der Waals surface area contributed by atoms with E-state index >= 15 is 0 Å². The van der Waals surface area contributed by atoms with Crippen molar-refractivity contribution in [2.45, 2.75) is 12.6 Å². The molecule has 0 saturated heterocycles. The van der Waals surface area contributed by atoms with Crippen molar-refractivity contribution < 1.29 is 18.9 Å². The monoisotopic (exact) mass is 372 g/mol. The number of likely N-dealkylation sites (N-methyl/N-ethyl adjacent to an activating group) is 1. The van der Waals surface area contributed by atoms with Gasteiger partial charge in [-0.25, -0.2) is 0 Å². The SMILES string of the molecule is COc1ccc([C@H](CNCc2ccc3c(c2)OCCO3)N(C)C)cc1OC. The summed E-state index contributed by atoms with van der Waals surface area (Å²) in [5.74, 6) is 3.13. The number of ether oxygens (including phenoxy) is 4. The largest absolute Gasteiger partial charge is 0.493 e. The van der Waals surface area contributed by atoms with Gasteiger partial charge in [0, 0.05) is 19.1 Å². The Bertz CT molecular complexity index is 764. The Balaban J connectivity index is 1.65. The van der Waals surface area contributed by atoms with Crippen molar-refractivity contribution in [3.63, 3.8) is 0 Å². The van der Waals surface area contributed by atoms with Crippen LogP contribution in [0.2, 0.25) is 0 Å². The molecule has 0 aromatic heterocycles. The van der Waals surface area contributed by atoms with Crippen molar-refractivity contribution in [1.82, 2.24) is 10.2 Å². The molecule has 1 N–H and O–H groups in total. The van der Waals surface area contributed by atoms with Crippen molar-refractivity contribution in [2.24, 2.45) is 0 Å². The summed E-state index contributed by atoms with van der Waals surface area (Å²) in [6.45, 7) is 2.78. The number of methoxy groups -OCH3 is 2. The topological polar surface area (TPSA) is 52.2 Å². The fourth-order valence-corrected chi connectivity index (χ4v) is 3.21. The molecule has 1 aliphatic heterocycles. The first-order valence-electron chi connectivity index (χ1n) is 9.10. The summed E-state index contributed by atoms with van der Waals surface area (Å²) in [5.41, 5.74) is 2.34. The highest BCUT2D eigenvalue weighted by Gasteiger charge is 2.17. The molecule has 6 nitrogen and oxygen atoms in total. The number of hydrogen-bond donors (Lipinski definition) is 1. The number of rotatable bonds is 8. The van der Waals surface area contributed by atoms with E-state index in [4.69, 9.17) is 18.9 Å². The summed E-state index contributed by atoms with van der Waals surface area (Å²) < 4.78 is 22.0. The van der Waals surface area contributed by atoms with Gasteiger partial charge in [0.25, 0.3) is 0 Å². The van der Waals surface area contributed by atoms with Crippen LogP contribution in [-0.4, -0.2) is 53.0 Å². The predicted octanol–water partition coefficient (Wildman–Crippen LogP) is 2.87. The Hall–Kier alpha value is -2.44. The van der Waals surface area contributed by atoms with E-state index in [1.165, 1.54) is 11.1 Å². The lowest BCUT2D eigenvalue weighted by Gasteiger charge is -2.26. The van der Waals surface area contributed by atoms with Gasteiger partial charge in [0.15, 0.2) is 23.0 Å². The summed E-state index contributed by atoms with van der Waals surface area (Å²) >= 11 is 0. The summed E-state index contributed by atoms with van der Waals surface area (Å²) in [6, 6.07) is 12.4. The summed E-state index contributed by atoms with van der Waals surface area (Å²) in [5, 5.41) is 3.54. The first-order chi connectivity index (χ1) is 13.1. The van der Waals surface area contributed by atoms with Gasteiger partial charge >= 0.3 is 0 Å². The lowest BCUT2D eigenvalue weighted by molar-refractivity contribution is 0.171. The molecule has 27 heavy (non-hydrogen) atoms. The first kappa shape index (κ1) is 19.3. The van der Waals surface area contributed by atoms with E-state index in [0.717, 1.165) is 36.1 Å². The highest BCUT2D eigenvalue weighted by Crippen LogP contribution is 2.32. The molecule has 6 heteroatoms. The third-order valence-corrected chi connectivity index (χ3v) is 4.69. The van der Waals surface area contributed by atoms with Gasteiger partial charge in [-0.3, -0.25) is 0 Å². The average Bonchev–Trinajstić information content (AvgIpc) is 2.70. The standard InChI is InChI=1S/C21H28N2O4/c1-23(2)17(16-6-8-18(24-3)20(12-16)25-4)14-22-13-15-5-7-19-21(11-15)27-10-9-26-19/h5-8,11-12,17,22H,9-10,13-14H2,1-4H3/t17-/m0/s1. The minimum atomic E-state index is 0.210. The summed E-state index contributed by atoms with van der Waals surface area (Å²) in [6.07, 6.45) is 0. The molecule has 0 fully saturated rings. The maximum absolute atomic E-state index is 5.66.